The lowest BCUT2D eigenvalue weighted by molar-refractivity contribution is -0.150. The molecule has 35 heavy (non-hydrogen) atoms. The molecule has 4 aromatic rings. The van der Waals surface area contributed by atoms with E-state index in [1.165, 1.54) is 0 Å². The van der Waals surface area contributed by atoms with Crippen molar-refractivity contribution in [2.45, 2.75) is 31.3 Å². The Morgan fingerprint density at radius 2 is 1.20 bits per heavy atom. The summed E-state index contributed by atoms with van der Waals surface area (Å²) in [4.78, 5) is 15.8. The third-order valence-corrected chi connectivity index (χ3v) is 6.42. The maximum absolute atomic E-state index is 13.6. The van der Waals surface area contributed by atoms with Gasteiger partial charge in [0.25, 0.3) is 0 Å². The molecule has 1 fully saturated rings. The summed E-state index contributed by atoms with van der Waals surface area (Å²) in [6.45, 7) is 2.15. The van der Waals surface area contributed by atoms with Crippen molar-refractivity contribution in [1.82, 2.24) is 4.90 Å². The highest BCUT2D eigenvalue weighted by Gasteiger charge is 2.51. The van der Waals surface area contributed by atoms with Crippen LogP contribution in [0, 0.1) is 0 Å². The number of carbonyl (C=O) groups is 1. The number of ether oxygens (including phenoxy) is 2. The molecule has 0 amide bonds. The van der Waals surface area contributed by atoms with Gasteiger partial charge >= 0.3 is 5.97 Å². The van der Waals surface area contributed by atoms with E-state index in [1.807, 2.05) is 91.9 Å². The van der Waals surface area contributed by atoms with Crippen molar-refractivity contribution < 1.29 is 14.3 Å². The number of hydrogen-bond acceptors (Lipinski definition) is 4. The second kappa shape index (κ2) is 10.7. The van der Waals surface area contributed by atoms with Crippen molar-refractivity contribution in [2.75, 3.05) is 6.61 Å². The van der Waals surface area contributed by atoms with Crippen LogP contribution < -0.4 is 0 Å². The molecule has 0 spiro atoms. The first kappa shape index (κ1) is 23.0. The minimum Gasteiger partial charge on any atom is -0.465 e. The number of nitrogens with zero attached hydrogens (tertiary/aromatic N) is 1. The highest BCUT2D eigenvalue weighted by molar-refractivity contribution is 5.77. The Balaban J connectivity index is 1.72. The van der Waals surface area contributed by atoms with Crippen LogP contribution in [0.2, 0.25) is 0 Å². The van der Waals surface area contributed by atoms with E-state index in [9.17, 15) is 4.79 Å². The third kappa shape index (κ3) is 4.76. The van der Waals surface area contributed by atoms with Crippen LogP contribution >= 0.6 is 0 Å². The molecule has 4 aromatic carbocycles. The summed E-state index contributed by atoms with van der Waals surface area (Å²) in [6.07, 6.45) is -0.920. The van der Waals surface area contributed by atoms with Crippen LogP contribution in [0.4, 0.5) is 0 Å². The normalized spacial score (nSPS) is 20.1. The van der Waals surface area contributed by atoms with Crippen molar-refractivity contribution in [3.8, 4) is 0 Å². The number of esters is 1. The van der Waals surface area contributed by atoms with Crippen LogP contribution in [0.15, 0.2) is 121 Å². The van der Waals surface area contributed by atoms with Gasteiger partial charge in [-0.25, -0.2) is 4.90 Å². The van der Waals surface area contributed by atoms with Gasteiger partial charge < -0.3 is 9.47 Å². The molecule has 4 heteroatoms. The Kier molecular flexibility index (Phi) is 7.03. The zero-order valence-corrected chi connectivity index (χ0v) is 19.7. The summed E-state index contributed by atoms with van der Waals surface area (Å²) < 4.78 is 12.4. The second-order valence-corrected chi connectivity index (χ2v) is 8.60. The van der Waals surface area contributed by atoms with E-state index in [1.54, 1.807) is 0 Å². The fourth-order valence-electron chi connectivity index (χ4n) is 4.93. The van der Waals surface area contributed by atoms with Gasteiger partial charge in [0.2, 0.25) is 0 Å². The van der Waals surface area contributed by atoms with Crippen molar-refractivity contribution in [1.29, 1.82) is 0 Å². The Labute approximate surface area is 206 Å². The van der Waals surface area contributed by atoms with E-state index in [4.69, 9.17) is 9.47 Å². The summed E-state index contributed by atoms with van der Waals surface area (Å²) in [7, 11) is 0. The minimum atomic E-state index is -0.632. The van der Waals surface area contributed by atoms with Gasteiger partial charge in [-0.05, 0) is 29.2 Å². The van der Waals surface area contributed by atoms with Gasteiger partial charge in [0.15, 0.2) is 0 Å². The van der Waals surface area contributed by atoms with E-state index < -0.39 is 18.4 Å². The molecule has 0 aliphatic carbocycles. The molecule has 0 saturated carbocycles. The predicted octanol–water partition coefficient (Wildman–Crippen LogP) is 6.48. The van der Waals surface area contributed by atoms with Gasteiger partial charge in [-0.3, -0.25) is 4.79 Å². The van der Waals surface area contributed by atoms with Crippen LogP contribution in [0.1, 0.15) is 47.6 Å². The van der Waals surface area contributed by atoms with Crippen LogP contribution in [-0.2, 0) is 14.3 Å². The monoisotopic (exact) mass is 463 g/mol. The standard InChI is InChI=1S/C31H29NO3/c1-2-34-31(33)28-29(25-19-11-5-12-20-25)35-30(26-21-13-6-14-22-26)32(28)27(23-15-7-3-8-16-23)24-17-9-4-10-18-24/h3-22,27-30H,2H2,1H3/t28-,29+,30-/m1/s1. The third-order valence-electron chi connectivity index (χ3n) is 6.42. The van der Waals surface area contributed by atoms with Crippen LogP contribution in [-0.4, -0.2) is 23.5 Å². The molecule has 0 aromatic heterocycles. The Morgan fingerprint density at radius 1 is 0.743 bits per heavy atom. The van der Waals surface area contributed by atoms with E-state index in [-0.39, 0.29) is 12.0 Å². The molecule has 0 radical (unpaired) electrons. The zero-order chi connectivity index (χ0) is 24.0. The van der Waals surface area contributed by atoms with E-state index in [0.717, 1.165) is 22.3 Å². The van der Waals surface area contributed by atoms with E-state index >= 15 is 0 Å². The first-order chi connectivity index (χ1) is 17.3. The fraction of sp³-hybridized carbons (Fsp3) is 0.194. The Hall–Kier alpha value is -3.73. The zero-order valence-electron chi connectivity index (χ0n) is 19.7. The maximum Gasteiger partial charge on any atom is 0.326 e. The second-order valence-electron chi connectivity index (χ2n) is 8.60. The first-order valence-electron chi connectivity index (χ1n) is 12.1. The van der Waals surface area contributed by atoms with Crippen molar-refractivity contribution >= 4 is 5.97 Å². The molecule has 5 rings (SSSR count). The highest BCUT2D eigenvalue weighted by Crippen LogP contribution is 2.49. The SMILES string of the molecule is CCOC(=O)[C@H]1[C@H](c2ccccc2)O[C@H](c2ccccc2)N1C(c1ccccc1)c1ccccc1. The molecule has 4 nitrogen and oxygen atoms in total. The fourth-order valence-corrected chi connectivity index (χ4v) is 4.93. The lowest BCUT2D eigenvalue weighted by atomic mass is 9.93. The van der Waals surface area contributed by atoms with Crippen LogP contribution in [0.25, 0.3) is 0 Å². The van der Waals surface area contributed by atoms with E-state index in [2.05, 4.69) is 41.3 Å². The molecular formula is C31H29NO3. The average Bonchev–Trinajstić information content (AvgIpc) is 3.31. The van der Waals surface area contributed by atoms with Crippen LogP contribution in [0.3, 0.4) is 0 Å². The summed E-state index contributed by atoms with van der Waals surface area (Å²) in [5, 5.41) is 0. The van der Waals surface area contributed by atoms with Gasteiger partial charge in [-0.15, -0.1) is 0 Å². The number of benzene rings is 4. The van der Waals surface area contributed by atoms with E-state index in [0.29, 0.717) is 6.61 Å². The Morgan fingerprint density at radius 3 is 1.69 bits per heavy atom. The predicted molar refractivity (Wildman–Crippen MR) is 136 cm³/mol. The summed E-state index contributed by atoms with van der Waals surface area (Å²) in [5.74, 6) is -0.281. The molecule has 1 aliphatic rings. The quantitative estimate of drug-likeness (QED) is 0.294. The number of rotatable bonds is 7. The molecule has 0 unspecified atom stereocenters. The van der Waals surface area contributed by atoms with Crippen molar-refractivity contribution in [3.05, 3.63) is 144 Å². The van der Waals surface area contributed by atoms with Crippen LogP contribution in [0.5, 0.6) is 0 Å². The first-order valence-corrected chi connectivity index (χ1v) is 12.1. The van der Waals surface area contributed by atoms with Gasteiger partial charge in [-0.2, -0.15) is 0 Å². The topological polar surface area (TPSA) is 38.8 Å². The number of carbonyl (C=O) groups excluding carboxylic acids is 1. The van der Waals surface area contributed by atoms with Gasteiger partial charge in [0.1, 0.15) is 18.4 Å². The molecule has 1 aliphatic heterocycles. The molecule has 1 heterocycles. The molecule has 176 valence electrons. The summed E-state index contributed by atoms with van der Waals surface area (Å²) in [6, 6.07) is 39.8. The maximum atomic E-state index is 13.6. The molecule has 0 N–H and O–H groups in total. The molecule has 3 atom stereocenters. The van der Waals surface area contributed by atoms with Crippen molar-refractivity contribution in [2.24, 2.45) is 0 Å². The van der Waals surface area contributed by atoms with Gasteiger partial charge in [0, 0.05) is 0 Å². The summed E-state index contributed by atoms with van der Waals surface area (Å²) >= 11 is 0. The van der Waals surface area contributed by atoms with Crippen molar-refractivity contribution in [3.63, 3.8) is 0 Å². The highest BCUT2D eigenvalue weighted by atomic mass is 16.6. The van der Waals surface area contributed by atoms with Gasteiger partial charge in [0.05, 0.1) is 12.6 Å². The lowest BCUT2D eigenvalue weighted by Gasteiger charge is -2.36. The summed E-state index contributed by atoms with van der Waals surface area (Å²) in [5.41, 5.74) is 4.13. The molecular weight excluding hydrogens is 434 g/mol. The Bertz CT molecular complexity index is 1180. The number of hydrogen-bond donors (Lipinski definition) is 0. The average molecular weight is 464 g/mol. The van der Waals surface area contributed by atoms with Gasteiger partial charge in [-0.1, -0.05) is 121 Å². The molecule has 1 saturated heterocycles. The largest absolute Gasteiger partial charge is 0.465 e. The minimum absolute atomic E-state index is 0.217. The smallest absolute Gasteiger partial charge is 0.326 e. The molecule has 0 bridgehead atoms. The lowest BCUT2D eigenvalue weighted by Crippen LogP contribution is -2.43.